The highest BCUT2D eigenvalue weighted by Gasteiger charge is 2.22. The smallest absolute Gasteiger partial charge is 0.308 e. The molecule has 7 heteroatoms. The molecule has 0 aliphatic heterocycles. The highest BCUT2D eigenvalue weighted by Crippen LogP contribution is 2.11. The van der Waals surface area contributed by atoms with Gasteiger partial charge in [-0.25, -0.2) is 0 Å². The minimum absolute atomic E-state index is 0.0399. The number of carboxylic acids is 1. The first-order valence-electron chi connectivity index (χ1n) is 7.14. The molecule has 1 aromatic rings. The summed E-state index contributed by atoms with van der Waals surface area (Å²) >= 11 is 0. The Morgan fingerprint density at radius 1 is 1.27 bits per heavy atom. The highest BCUT2D eigenvalue weighted by molar-refractivity contribution is 5.97. The summed E-state index contributed by atoms with van der Waals surface area (Å²) in [6, 6.07) is 0.721. The van der Waals surface area contributed by atoms with Crippen molar-refractivity contribution < 1.29 is 23.9 Å². The van der Waals surface area contributed by atoms with Gasteiger partial charge in [-0.1, -0.05) is 13.8 Å². The lowest BCUT2D eigenvalue weighted by Gasteiger charge is -2.18. The van der Waals surface area contributed by atoms with Gasteiger partial charge < -0.3 is 20.2 Å². The number of amides is 2. The van der Waals surface area contributed by atoms with Gasteiger partial charge in [0.25, 0.3) is 5.91 Å². The number of carbonyl (C=O) groups excluding carboxylic acids is 2. The van der Waals surface area contributed by atoms with Gasteiger partial charge in [-0.15, -0.1) is 0 Å². The second-order valence-electron chi connectivity index (χ2n) is 5.62. The van der Waals surface area contributed by atoms with E-state index in [0.717, 1.165) is 0 Å². The monoisotopic (exact) mass is 310 g/mol. The van der Waals surface area contributed by atoms with E-state index in [2.05, 4.69) is 10.6 Å². The normalized spacial score (nSPS) is 13.5. The van der Waals surface area contributed by atoms with Gasteiger partial charge in [-0.2, -0.15) is 0 Å². The molecule has 0 saturated carbocycles. The highest BCUT2D eigenvalue weighted by atomic mass is 16.4. The molecule has 0 saturated heterocycles. The molecule has 0 spiro atoms. The molecule has 122 valence electrons. The van der Waals surface area contributed by atoms with Gasteiger partial charge >= 0.3 is 5.97 Å². The van der Waals surface area contributed by atoms with Crippen LogP contribution in [0.2, 0.25) is 0 Å². The van der Waals surface area contributed by atoms with Crippen LogP contribution in [0.3, 0.4) is 0 Å². The van der Waals surface area contributed by atoms with Crippen molar-refractivity contribution in [1.82, 2.24) is 10.6 Å². The first-order chi connectivity index (χ1) is 10.3. The number of aliphatic carboxylic acids is 1. The zero-order valence-corrected chi connectivity index (χ0v) is 13.0. The zero-order chi connectivity index (χ0) is 16.7. The number of nitrogens with one attached hydrogen (secondary N) is 2. The molecule has 0 aliphatic rings. The molecular formula is C15H22N2O5. The minimum Gasteiger partial charge on any atom is -0.481 e. The maximum atomic E-state index is 11.9. The lowest BCUT2D eigenvalue weighted by atomic mass is 9.97. The molecule has 2 atom stereocenters. The van der Waals surface area contributed by atoms with E-state index in [9.17, 15) is 14.4 Å². The minimum atomic E-state index is -0.941. The largest absolute Gasteiger partial charge is 0.481 e. The fourth-order valence-corrected chi connectivity index (χ4v) is 1.96. The molecule has 1 aromatic heterocycles. The molecule has 0 aromatic carbocycles. The summed E-state index contributed by atoms with van der Waals surface area (Å²) in [5, 5.41) is 14.2. The lowest BCUT2D eigenvalue weighted by Crippen LogP contribution is -2.46. The summed E-state index contributed by atoms with van der Waals surface area (Å²) in [7, 11) is 0. The van der Waals surface area contributed by atoms with Crippen LogP contribution in [0.5, 0.6) is 0 Å². The average Bonchev–Trinajstić information content (AvgIpc) is 2.96. The third-order valence-corrected chi connectivity index (χ3v) is 3.15. The molecule has 0 fully saturated rings. The van der Waals surface area contributed by atoms with Gasteiger partial charge in [0.2, 0.25) is 5.91 Å². The number of rotatable bonds is 8. The van der Waals surface area contributed by atoms with Gasteiger partial charge in [0.1, 0.15) is 12.3 Å². The topological polar surface area (TPSA) is 109 Å². The van der Waals surface area contributed by atoms with E-state index in [1.165, 1.54) is 25.5 Å². The van der Waals surface area contributed by atoms with Gasteiger partial charge in [0.15, 0.2) is 0 Å². The standard InChI is InChI=1S/C15H22N2O5/c1-9(2)6-12(15(20)21)7-16-13(18)10(3)17-14(19)11-4-5-22-8-11/h4-5,8-10,12H,6-7H2,1-3H3,(H,16,18)(H,17,19)(H,20,21). The van der Waals surface area contributed by atoms with E-state index >= 15 is 0 Å². The Labute approximate surface area is 129 Å². The molecule has 0 bridgehead atoms. The van der Waals surface area contributed by atoms with Crippen molar-refractivity contribution in [3.8, 4) is 0 Å². The number of carboxylic acid groups (broad SMARTS) is 1. The number of hydrogen-bond donors (Lipinski definition) is 3. The van der Waals surface area contributed by atoms with Crippen LogP contribution in [0.15, 0.2) is 23.0 Å². The number of carbonyl (C=O) groups is 3. The maximum Gasteiger partial charge on any atom is 0.308 e. The van der Waals surface area contributed by atoms with Crippen LogP contribution in [0.25, 0.3) is 0 Å². The summed E-state index contributed by atoms with van der Waals surface area (Å²) < 4.78 is 4.79. The summed E-state index contributed by atoms with van der Waals surface area (Å²) in [4.78, 5) is 34.8. The summed E-state index contributed by atoms with van der Waals surface area (Å²) in [5.74, 6) is -2.21. The van der Waals surface area contributed by atoms with E-state index < -0.39 is 29.7 Å². The molecule has 3 N–H and O–H groups in total. The van der Waals surface area contributed by atoms with Crippen LogP contribution in [-0.4, -0.2) is 35.5 Å². The maximum absolute atomic E-state index is 11.9. The Balaban J connectivity index is 2.46. The van der Waals surface area contributed by atoms with Crippen molar-refractivity contribution in [3.05, 3.63) is 24.2 Å². The SMILES string of the molecule is CC(C)CC(CNC(=O)C(C)NC(=O)c1ccoc1)C(=O)O. The van der Waals surface area contributed by atoms with Gasteiger partial charge in [0.05, 0.1) is 17.7 Å². The van der Waals surface area contributed by atoms with Crippen molar-refractivity contribution in [2.75, 3.05) is 6.54 Å². The van der Waals surface area contributed by atoms with Gasteiger partial charge in [-0.3, -0.25) is 14.4 Å². The predicted molar refractivity (Wildman–Crippen MR) is 79.2 cm³/mol. The fourth-order valence-electron chi connectivity index (χ4n) is 1.96. The van der Waals surface area contributed by atoms with Crippen molar-refractivity contribution in [2.24, 2.45) is 11.8 Å². The molecule has 1 heterocycles. The van der Waals surface area contributed by atoms with Crippen molar-refractivity contribution in [2.45, 2.75) is 33.2 Å². The van der Waals surface area contributed by atoms with Gasteiger partial charge in [-0.05, 0) is 25.3 Å². The first-order valence-corrected chi connectivity index (χ1v) is 7.14. The summed E-state index contributed by atoms with van der Waals surface area (Å²) in [6.45, 7) is 5.42. The molecular weight excluding hydrogens is 288 g/mol. The third-order valence-electron chi connectivity index (χ3n) is 3.15. The first kappa shape index (κ1) is 17.7. The molecule has 0 aliphatic carbocycles. The van der Waals surface area contributed by atoms with Crippen LogP contribution in [0, 0.1) is 11.8 Å². The Hall–Kier alpha value is -2.31. The van der Waals surface area contributed by atoms with Crippen molar-refractivity contribution in [1.29, 1.82) is 0 Å². The van der Waals surface area contributed by atoms with Crippen molar-refractivity contribution in [3.63, 3.8) is 0 Å². The Morgan fingerprint density at radius 2 is 1.95 bits per heavy atom. The molecule has 7 nitrogen and oxygen atoms in total. The molecule has 1 rings (SSSR count). The van der Waals surface area contributed by atoms with E-state index in [1.807, 2.05) is 13.8 Å². The van der Waals surface area contributed by atoms with Crippen LogP contribution in [0.1, 0.15) is 37.6 Å². The average molecular weight is 310 g/mol. The Kier molecular flexibility index (Phi) is 6.62. The van der Waals surface area contributed by atoms with Crippen LogP contribution >= 0.6 is 0 Å². The van der Waals surface area contributed by atoms with E-state index in [0.29, 0.717) is 12.0 Å². The zero-order valence-electron chi connectivity index (χ0n) is 13.0. The summed E-state index contributed by atoms with van der Waals surface area (Å²) in [6.07, 6.45) is 3.12. The number of furan rings is 1. The lowest BCUT2D eigenvalue weighted by molar-refractivity contribution is -0.142. The van der Waals surface area contributed by atoms with Crippen molar-refractivity contribution >= 4 is 17.8 Å². The van der Waals surface area contributed by atoms with Crippen LogP contribution in [-0.2, 0) is 9.59 Å². The van der Waals surface area contributed by atoms with E-state index in [-0.39, 0.29) is 12.5 Å². The van der Waals surface area contributed by atoms with Gasteiger partial charge in [0, 0.05) is 6.54 Å². The predicted octanol–water partition coefficient (Wildman–Crippen LogP) is 1.26. The van der Waals surface area contributed by atoms with E-state index in [1.54, 1.807) is 0 Å². The molecule has 22 heavy (non-hydrogen) atoms. The molecule has 2 amide bonds. The Bertz CT molecular complexity index is 510. The van der Waals surface area contributed by atoms with E-state index in [4.69, 9.17) is 9.52 Å². The third kappa shape index (κ3) is 5.59. The van der Waals surface area contributed by atoms with Crippen LogP contribution < -0.4 is 10.6 Å². The van der Waals surface area contributed by atoms with Crippen LogP contribution in [0.4, 0.5) is 0 Å². The number of hydrogen-bond acceptors (Lipinski definition) is 4. The molecule has 0 radical (unpaired) electrons. The fraction of sp³-hybridized carbons (Fsp3) is 0.533. The Morgan fingerprint density at radius 3 is 2.45 bits per heavy atom. The quantitative estimate of drug-likeness (QED) is 0.670. The molecule has 2 unspecified atom stereocenters. The second-order valence-corrected chi connectivity index (χ2v) is 5.62. The summed E-state index contributed by atoms with van der Waals surface area (Å²) in [5.41, 5.74) is 0.322. The second kappa shape index (κ2) is 8.21.